The normalized spacial score (nSPS) is 29.8. The van der Waals surface area contributed by atoms with E-state index in [1.807, 2.05) is 6.07 Å². The average molecular weight is 475 g/mol. The van der Waals surface area contributed by atoms with Gasteiger partial charge in [-0.05, 0) is 99.5 Å². The number of unbranched alkanes of at least 4 members (excludes halogenated alkanes) is 2. The van der Waals surface area contributed by atoms with Crippen molar-refractivity contribution in [3.8, 4) is 17.9 Å². The van der Waals surface area contributed by atoms with Crippen LogP contribution in [0.4, 0.5) is 0 Å². The van der Waals surface area contributed by atoms with Gasteiger partial charge in [0.05, 0.1) is 11.0 Å². The number of nitrogens with zero attached hydrogens (tertiary/aromatic N) is 2. The highest BCUT2D eigenvalue weighted by Crippen LogP contribution is 2.59. The number of rotatable bonds is 9. The van der Waals surface area contributed by atoms with Gasteiger partial charge < -0.3 is 4.74 Å². The van der Waals surface area contributed by atoms with Crippen molar-refractivity contribution >= 4 is 5.97 Å². The van der Waals surface area contributed by atoms with Crippen LogP contribution in [0.5, 0.6) is 5.75 Å². The molecule has 0 aromatic heterocycles. The van der Waals surface area contributed by atoms with E-state index in [0.29, 0.717) is 16.9 Å². The Kier molecular flexibility index (Phi) is 8.21. The molecule has 4 saturated carbocycles. The predicted molar refractivity (Wildman–Crippen MR) is 138 cm³/mol. The molecular formula is C31H42N2O2. The maximum atomic E-state index is 13.4. The zero-order valence-electron chi connectivity index (χ0n) is 21.8. The molecule has 0 unspecified atom stereocenters. The number of benzene rings is 1. The van der Waals surface area contributed by atoms with Gasteiger partial charge in [0, 0.05) is 0 Å². The Morgan fingerprint density at radius 2 is 1.57 bits per heavy atom. The van der Waals surface area contributed by atoms with Crippen LogP contribution in [0.25, 0.3) is 0 Å². The van der Waals surface area contributed by atoms with Crippen LogP contribution in [0.1, 0.15) is 139 Å². The minimum Gasteiger partial charge on any atom is -0.425 e. The summed E-state index contributed by atoms with van der Waals surface area (Å²) < 4.78 is 5.93. The van der Waals surface area contributed by atoms with Crippen molar-refractivity contribution < 1.29 is 9.53 Å². The minimum atomic E-state index is -0.413. The van der Waals surface area contributed by atoms with Crippen LogP contribution in [0.15, 0.2) is 12.1 Å². The summed E-state index contributed by atoms with van der Waals surface area (Å²) in [6, 6.07) is 8.24. The summed E-state index contributed by atoms with van der Waals surface area (Å²) in [7, 11) is 0. The molecule has 0 aliphatic heterocycles. The second-order valence-electron chi connectivity index (χ2n) is 11.8. The van der Waals surface area contributed by atoms with Gasteiger partial charge in [-0.2, -0.15) is 10.5 Å². The minimum absolute atomic E-state index is 0.192. The molecule has 4 nitrogen and oxygen atoms in total. The summed E-state index contributed by atoms with van der Waals surface area (Å²) in [5.74, 6) is 1.19. The predicted octanol–water partition coefficient (Wildman–Crippen LogP) is 8.33. The maximum Gasteiger partial charge on any atom is 0.317 e. The number of esters is 1. The first-order valence-electron chi connectivity index (χ1n) is 14.2. The molecule has 4 aliphatic carbocycles. The van der Waals surface area contributed by atoms with Gasteiger partial charge in [0.25, 0.3) is 0 Å². The number of hydrogen-bond acceptors (Lipinski definition) is 4. The van der Waals surface area contributed by atoms with Gasteiger partial charge in [-0.25, -0.2) is 0 Å². The smallest absolute Gasteiger partial charge is 0.317 e. The highest BCUT2D eigenvalue weighted by Gasteiger charge is 2.53. The van der Waals surface area contributed by atoms with Gasteiger partial charge in [0.15, 0.2) is 0 Å². The lowest BCUT2D eigenvalue weighted by Gasteiger charge is -2.52. The number of carbonyl (C=O) groups is 1. The highest BCUT2D eigenvalue weighted by atomic mass is 16.5. The fraction of sp³-hybridized carbons (Fsp3) is 0.710. The maximum absolute atomic E-state index is 13.4. The molecule has 4 fully saturated rings. The Bertz CT molecular complexity index is 966. The molecule has 188 valence electrons. The van der Waals surface area contributed by atoms with E-state index in [-0.39, 0.29) is 17.3 Å². The second-order valence-corrected chi connectivity index (χ2v) is 11.8. The standard InChI is InChI=1S/C31H42N2O2/c1-3-5-6-7-23-8-10-24(11-9-23)25-12-13-28(27(22-33)26(25)21-32)35-29(34)31-18-15-30(14-4-2,16-19-31)17-20-31/h12-13,23-24H,3-11,14-20H2,1-2H3. The van der Waals surface area contributed by atoms with Crippen LogP contribution >= 0.6 is 0 Å². The molecule has 0 spiro atoms. The number of nitriles is 2. The van der Waals surface area contributed by atoms with Crippen molar-refractivity contribution in [1.82, 2.24) is 0 Å². The Hall–Kier alpha value is -2.33. The highest BCUT2D eigenvalue weighted by molar-refractivity contribution is 5.80. The largest absolute Gasteiger partial charge is 0.425 e. The summed E-state index contributed by atoms with van der Waals surface area (Å²) >= 11 is 0. The van der Waals surface area contributed by atoms with Gasteiger partial charge in [0.1, 0.15) is 23.5 Å². The van der Waals surface area contributed by atoms with Crippen molar-refractivity contribution in [1.29, 1.82) is 10.5 Å². The van der Waals surface area contributed by atoms with Crippen LogP contribution in [-0.4, -0.2) is 5.97 Å². The van der Waals surface area contributed by atoms with E-state index in [0.717, 1.165) is 62.8 Å². The van der Waals surface area contributed by atoms with Crippen molar-refractivity contribution in [3.63, 3.8) is 0 Å². The van der Waals surface area contributed by atoms with Gasteiger partial charge in [-0.3, -0.25) is 4.79 Å². The summed E-state index contributed by atoms with van der Waals surface area (Å²) in [4.78, 5) is 13.4. The molecule has 1 aromatic carbocycles. The molecule has 4 heteroatoms. The quantitative estimate of drug-likeness (QED) is 0.205. The zero-order chi connectivity index (χ0) is 24.9. The first-order valence-corrected chi connectivity index (χ1v) is 14.2. The lowest BCUT2D eigenvalue weighted by molar-refractivity contribution is -0.156. The van der Waals surface area contributed by atoms with Crippen LogP contribution in [0, 0.1) is 39.4 Å². The fourth-order valence-electron chi connectivity index (χ4n) is 7.38. The van der Waals surface area contributed by atoms with E-state index in [4.69, 9.17) is 4.74 Å². The molecule has 5 rings (SSSR count). The van der Waals surface area contributed by atoms with E-state index in [9.17, 15) is 15.3 Å². The van der Waals surface area contributed by atoms with Gasteiger partial charge in [-0.15, -0.1) is 0 Å². The molecule has 0 heterocycles. The molecular weight excluding hydrogens is 432 g/mol. The van der Waals surface area contributed by atoms with Gasteiger partial charge in [-0.1, -0.05) is 52.0 Å². The SMILES string of the molecule is CCCCCC1CCC(c2ccc(OC(=O)C34CCC(CCC)(CC3)CC4)c(C#N)c2C#N)CC1. The Morgan fingerprint density at radius 3 is 2.14 bits per heavy atom. The average Bonchev–Trinajstić information content (AvgIpc) is 2.90. The lowest BCUT2D eigenvalue weighted by atomic mass is 9.52. The Morgan fingerprint density at radius 1 is 0.914 bits per heavy atom. The molecule has 0 amide bonds. The van der Waals surface area contributed by atoms with E-state index in [1.54, 1.807) is 6.07 Å². The number of carbonyl (C=O) groups excluding carboxylic acids is 1. The van der Waals surface area contributed by atoms with Crippen LogP contribution in [0.2, 0.25) is 0 Å². The van der Waals surface area contributed by atoms with E-state index < -0.39 is 5.41 Å². The molecule has 1 aromatic rings. The van der Waals surface area contributed by atoms with E-state index in [2.05, 4.69) is 26.0 Å². The molecule has 2 bridgehead atoms. The summed E-state index contributed by atoms with van der Waals surface area (Å²) in [6.45, 7) is 4.49. The van der Waals surface area contributed by atoms with Crippen molar-refractivity contribution in [2.24, 2.45) is 16.7 Å². The van der Waals surface area contributed by atoms with Gasteiger partial charge >= 0.3 is 5.97 Å². The van der Waals surface area contributed by atoms with Crippen LogP contribution in [-0.2, 0) is 4.79 Å². The second kappa shape index (κ2) is 11.2. The summed E-state index contributed by atoms with van der Waals surface area (Å²) in [5.41, 5.74) is 1.64. The summed E-state index contributed by atoms with van der Waals surface area (Å²) in [6.07, 6.45) is 18.1. The monoisotopic (exact) mass is 474 g/mol. The fourth-order valence-corrected chi connectivity index (χ4v) is 7.38. The van der Waals surface area contributed by atoms with Crippen molar-refractivity contribution in [2.45, 2.75) is 122 Å². The first kappa shape index (κ1) is 25.8. The molecule has 0 atom stereocenters. The van der Waals surface area contributed by atoms with E-state index in [1.165, 1.54) is 51.4 Å². The van der Waals surface area contributed by atoms with E-state index >= 15 is 0 Å². The molecule has 4 aliphatic rings. The third-order valence-electron chi connectivity index (χ3n) is 9.74. The first-order chi connectivity index (χ1) is 17.0. The number of hydrogen-bond donors (Lipinski definition) is 0. The van der Waals surface area contributed by atoms with Crippen LogP contribution in [0.3, 0.4) is 0 Å². The third kappa shape index (κ3) is 5.28. The number of fused-ring (bicyclic) bond motifs is 3. The van der Waals surface area contributed by atoms with Gasteiger partial charge in [0.2, 0.25) is 0 Å². The Balaban J connectivity index is 1.46. The van der Waals surface area contributed by atoms with Crippen molar-refractivity contribution in [3.05, 3.63) is 28.8 Å². The number of ether oxygens (including phenoxy) is 1. The zero-order valence-corrected chi connectivity index (χ0v) is 21.8. The molecule has 35 heavy (non-hydrogen) atoms. The third-order valence-corrected chi connectivity index (χ3v) is 9.74. The topological polar surface area (TPSA) is 73.9 Å². The molecule has 0 radical (unpaired) electrons. The Labute approximate surface area is 212 Å². The van der Waals surface area contributed by atoms with Crippen LogP contribution < -0.4 is 4.74 Å². The molecule has 0 N–H and O–H groups in total. The lowest BCUT2D eigenvalue weighted by Crippen LogP contribution is -2.47. The summed E-state index contributed by atoms with van der Waals surface area (Å²) in [5, 5.41) is 20.0. The molecule has 0 saturated heterocycles. The van der Waals surface area contributed by atoms with Crippen molar-refractivity contribution in [2.75, 3.05) is 0 Å².